The fraction of sp³-hybridized carbons (Fsp3) is 0.444. The molecule has 128 valence electrons. The van der Waals surface area contributed by atoms with E-state index >= 15 is 0 Å². The molecule has 1 aromatic heterocycles. The van der Waals surface area contributed by atoms with Crippen LogP contribution in [0.2, 0.25) is 0 Å². The molecule has 2 heterocycles. The molecule has 1 amide bonds. The van der Waals surface area contributed by atoms with Gasteiger partial charge in [-0.15, -0.1) is 0 Å². The number of benzene rings is 1. The minimum Gasteiger partial charge on any atom is -0.443 e. The topological polar surface area (TPSA) is 71.6 Å². The average Bonchev–Trinajstić information content (AvgIpc) is 2.85. The van der Waals surface area contributed by atoms with Gasteiger partial charge in [0.1, 0.15) is 11.4 Å². The molecule has 1 aliphatic rings. The highest BCUT2D eigenvalue weighted by Gasteiger charge is 2.37. The Balaban J connectivity index is 2.14. The third-order valence-electron chi connectivity index (χ3n) is 4.01. The predicted octanol–water partition coefficient (Wildman–Crippen LogP) is 3.01. The van der Waals surface area contributed by atoms with E-state index in [1.165, 1.54) is 4.90 Å². The van der Waals surface area contributed by atoms with Gasteiger partial charge in [-0.3, -0.25) is 9.69 Å². The van der Waals surface area contributed by atoms with Gasteiger partial charge in [0.2, 0.25) is 0 Å². The molecular formula is C18H22N2O4. The summed E-state index contributed by atoms with van der Waals surface area (Å²) in [5.74, 6) is 0.495. The highest BCUT2D eigenvalue weighted by atomic mass is 16.6. The number of pyridine rings is 1. The maximum atomic E-state index is 12.6. The van der Waals surface area contributed by atoms with Crippen LogP contribution >= 0.6 is 0 Å². The Bertz CT molecular complexity index is 835. The van der Waals surface area contributed by atoms with E-state index in [2.05, 4.69) is 4.98 Å². The van der Waals surface area contributed by atoms with Crippen LogP contribution in [0, 0.1) is 0 Å². The van der Waals surface area contributed by atoms with Crippen molar-refractivity contribution in [3.8, 4) is 0 Å². The highest BCUT2D eigenvalue weighted by molar-refractivity contribution is 5.97. The number of H-pyrrole nitrogens is 1. The summed E-state index contributed by atoms with van der Waals surface area (Å²) in [4.78, 5) is 29.3. The van der Waals surface area contributed by atoms with Crippen molar-refractivity contribution in [2.45, 2.75) is 32.3 Å². The van der Waals surface area contributed by atoms with Crippen molar-refractivity contribution in [1.82, 2.24) is 4.98 Å². The standard InChI is InChI=1S/C18H22N2O4/c1-18(2,3)24-17(22)20-9-11(10-23-4)14-12-7-5-6-8-13(12)16(21)19-15(14)20/h5-8,11H,9-10H2,1-4H3,(H,19,21)/t11-/m0/s1. The lowest BCUT2D eigenvalue weighted by Gasteiger charge is -2.24. The number of rotatable bonds is 2. The molecule has 0 spiro atoms. The maximum absolute atomic E-state index is 12.6. The Hall–Kier alpha value is -2.34. The summed E-state index contributed by atoms with van der Waals surface area (Å²) in [5.41, 5.74) is 0.113. The normalized spacial score (nSPS) is 17.2. The molecule has 0 fully saturated rings. The zero-order valence-corrected chi connectivity index (χ0v) is 14.4. The van der Waals surface area contributed by atoms with Crippen LogP contribution in [0.15, 0.2) is 29.1 Å². The zero-order valence-electron chi connectivity index (χ0n) is 14.4. The van der Waals surface area contributed by atoms with Crippen molar-refractivity contribution >= 4 is 22.7 Å². The molecule has 0 radical (unpaired) electrons. The molecule has 0 saturated carbocycles. The number of methoxy groups -OCH3 is 1. The number of hydrogen-bond donors (Lipinski definition) is 1. The van der Waals surface area contributed by atoms with Gasteiger partial charge in [0.25, 0.3) is 5.56 Å². The Labute approximate surface area is 140 Å². The fourth-order valence-electron chi connectivity index (χ4n) is 3.13. The predicted molar refractivity (Wildman–Crippen MR) is 92.8 cm³/mol. The molecule has 0 unspecified atom stereocenters. The summed E-state index contributed by atoms with van der Waals surface area (Å²) in [5, 5.41) is 1.47. The van der Waals surface area contributed by atoms with Gasteiger partial charge in [0.15, 0.2) is 0 Å². The van der Waals surface area contributed by atoms with E-state index in [0.717, 1.165) is 10.9 Å². The monoisotopic (exact) mass is 330 g/mol. The third kappa shape index (κ3) is 2.89. The number of nitrogens with zero attached hydrogens (tertiary/aromatic N) is 1. The lowest BCUT2D eigenvalue weighted by molar-refractivity contribution is 0.0578. The van der Waals surface area contributed by atoms with Crippen molar-refractivity contribution in [2.75, 3.05) is 25.2 Å². The fourth-order valence-corrected chi connectivity index (χ4v) is 3.13. The molecule has 24 heavy (non-hydrogen) atoms. The number of hydrogen-bond acceptors (Lipinski definition) is 4. The molecule has 0 bridgehead atoms. The largest absolute Gasteiger partial charge is 0.443 e. The Kier molecular flexibility index (Phi) is 4.09. The number of aromatic nitrogens is 1. The van der Waals surface area contributed by atoms with Gasteiger partial charge in [0, 0.05) is 30.5 Å². The minimum atomic E-state index is -0.603. The van der Waals surface area contributed by atoms with Gasteiger partial charge in [-0.2, -0.15) is 0 Å². The number of amides is 1. The summed E-state index contributed by atoms with van der Waals surface area (Å²) >= 11 is 0. The third-order valence-corrected chi connectivity index (χ3v) is 4.01. The molecule has 6 heteroatoms. The second-order valence-corrected chi connectivity index (χ2v) is 7.01. The lowest BCUT2D eigenvalue weighted by Crippen LogP contribution is -2.37. The molecule has 1 atom stereocenters. The van der Waals surface area contributed by atoms with E-state index < -0.39 is 11.7 Å². The van der Waals surface area contributed by atoms with Crippen molar-refractivity contribution in [2.24, 2.45) is 0 Å². The number of carbonyl (C=O) groups excluding carboxylic acids is 1. The summed E-state index contributed by atoms with van der Waals surface area (Å²) in [7, 11) is 1.63. The van der Waals surface area contributed by atoms with Crippen molar-refractivity contribution in [3.05, 3.63) is 40.2 Å². The first-order valence-electron chi connectivity index (χ1n) is 7.96. The van der Waals surface area contributed by atoms with Crippen LogP contribution in [0.1, 0.15) is 32.3 Å². The number of fused-ring (bicyclic) bond motifs is 3. The summed E-state index contributed by atoms with van der Waals surface area (Å²) in [6.07, 6.45) is -0.465. The first kappa shape index (κ1) is 16.5. The van der Waals surface area contributed by atoms with Crippen LogP contribution in [0.3, 0.4) is 0 Å². The molecule has 0 saturated heterocycles. The lowest BCUT2D eigenvalue weighted by atomic mass is 9.98. The molecule has 1 N–H and O–H groups in total. The van der Waals surface area contributed by atoms with E-state index in [9.17, 15) is 9.59 Å². The summed E-state index contributed by atoms with van der Waals surface area (Å²) in [6, 6.07) is 7.41. The second-order valence-electron chi connectivity index (χ2n) is 7.01. The van der Waals surface area contributed by atoms with Gasteiger partial charge in [-0.1, -0.05) is 18.2 Å². The van der Waals surface area contributed by atoms with Crippen molar-refractivity contribution in [1.29, 1.82) is 0 Å². The van der Waals surface area contributed by atoms with Gasteiger partial charge in [-0.05, 0) is 32.2 Å². The molecule has 2 aromatic rings. The van der Waals surface area contributed by atoms with Gasteiger partial charge in [-0.25, -0.2) is 4.79 Å². The van der Waals surface area contributed by atoms with E-state index in [-0.39, 0.29) is 11.5 Å². The smallest absolute Gasteiger partial charge is 0.415 e. The van der Waals surface area contributed by atoms with Crippen LogP contribution in [0.25, 0.3) is 10.8 Å². The van der Waals surface area contributed by atoms with Crippen LogP contribution < -0.4 is 10.5 Å². The number of aromatic amines is 1. The van der Waals surface area contributed by atoms with Gasteiger partial charge >= 0.3 is 6.09 Å². The number of ether oxygens (including phenoxy) is 2. The number of carbonyl (C=O) groups is 1. The summed E-state index contributed by atoms with van der Waals surface area (Å²) < 4.78 is 10.8. The SMILES string of the molecule is COC[C@@H]1CN(C(=O)OC(C)(C)C)c2[nH]c(=O)c3ccccc3c21. The Morgan fingerprint density at radius 1 is 1.29 bits per heavy atom. The van der Waals surface area contributed by atoms with Crippen LogP contribution in [-0.2, 0) is 9.47 Å². The minimum absolute atomic E-state index is 0.0146. The Morgan fingerprint density at radius 2 is 1.96 bits per heavy atom. The van der Waals surface area contributed by atoms with Crippen molar-refractivity contribution < 1.29 is 14.3 Å². The van der Waals surface area contributed by atoms with Gasteiger partial charge < -0.3 is 14.5 Å². The van der Waals surface area contributed by atoms with E-state index in [1.54, 1.807) is 13.2 Å². The van der Waals surface area contributed by atoms with Gasteiger partial charge in [0.05, 0.1) is 6.61 Å². The zero-order chi connectivity index (χ0) is 17.5. The molecule has 1 aromatic carbocycles. The highest BCUT2D eigenvalue weighted by Crippen LogP contribution is 2.39. The molecule has 3 rings (SSSR count). The first-order chi connectivity index (χ1) is 11.3. The summed E-state index contributed by atoms with van der Waals surface area (Å²) in [6.45, 7) is 6.33. The second kappa shape index (κ2) is 5.94. The maximum Gasteiger partial charge on any atom is 0.415 e. The molecular weight excluding hydrogens is 308 g/mol. The average molecular weight is 330 g/mol. The number of anilines is 1. The quantitative estimate of drug-likeness (QED) is 0.919. The van der Waals surface area contributed by atoms with Crippen LogP contribution in [0.5, 0.6) is 0 Å². The van der Waals surface area contributed by atoms with E-state index in [1.807, 2.05) is 39.0 Å². The van der Waals surface area contributed by atoms with Crippen LogP contribution in [0.4, 0.5) is 10.6 Å². The Morgan fingerprint density at radius 3 is 2.58 bits per heavy atom. The van der Waals surface area contributed by atoms with Crippen molar-refractivity contribution in [3.63, 3.8) is 0 Å². The van der Waals surface area contributed by atoms with E-state index in [4.69, 9.17) is 9.47 Å². The molecule has 1 aliphatic heterocycles. The van der Waals surface area contributed by atoms with E-state index in [0.29, 0.717) is 24.4 Å². The molecule has 0 aliphatic carbocycles. The number of nitrogens with one attached hydrogen (secondary N) is 1. The molecule has 6 nitrogen and oxygen atoms in total. The first-order valence-corrected chi connectivity index (χ1v) is 7.96. The van der Waals surface area contributed by atoms with Crippen LogP contribution in [-0.4, -0.2) is 36.9 Å².